The van der Waals surface area contributed by atoms with Crippen LogP contribution in [-0.4, -0.2) is 31.4 Å². The Hall–Kier alpha value is -3.13. The van der Waals surface area contributed by atoms with Crippen molar-refractivity contribution in [3.8, 4) is 11.4 Å². The van der Waals surface area contributed by atoms with Gasteiger partial charge in [-0.15, -0.1) is 10.2 Å². The molecule has 0 aliphatic heterocycles. The van der Waals surface area contributed by atoms with Crippen LogP contribution in [0.1, 0.15) is 37.6 Å². The Morgan fingerprint density at radius 2 is 2.03 bits per heavy atom. The Bertz CT molecular complexity index is 1150. The first kappa shape index (κ1) is 18.9. The average molecular weight is 420 g/mol. The van der Waals surface area contributed by atoms with Gasteiger partial charge in [0.15, 0.2) is 11.0 Å². The molecule has 5 rings (SSSR count). The van der Waals surface area contributed by atoms with Crippen LogP contribution in [0, 0.1) is 0 Å². The Labute approximate surface area is 177 Å². The van der Waals surface area contributed by atoms with Crippen LogP contribution in [0.15, 0.2) is 64.4 Å². The molecule has 30 heavy (non-hydrogen) atoms. The zero-order valence-electron chi connectivity index (χ0n) is 16.5. The third kappa shape index (κ3) is 3.82. The lowest BCUT2D eigenvalue weighted by molar-refractivity contribution is -0.119. The number of nitrogens with one attached hydrogen (secondary N) is 1. The maximum absolute atomic E-state index is 12.5. The third-order valence-electron chi connectivity index (χ3n) is 5.10. The minimum atomic E-state index is -0.209. The summed E-state index contributed by atoms with van der Waals surface area (Å²) in [5.74, 6) is 1.78. The van der Waals surface area contributed by atoms with Crippen molar-refractivity contribution >= 4 is 28.6 Å². The summed E-state index contributed by atoms with van der Waals surface area (Å²) < 4.78 is 8.00. The van der Waals surface area contributed by atoms with Gasteiger partial charge in [0.25, 0.3) is 0 Å². The molecule has 3 aromatic heterocycles. The highest BCUT2D eigenvalue weighted by atomic mass is 32.2. The van der Waals surface area contributed by atoms with E-state index in [0.717, 1.165) is 46.1 Å². The third-order valence-corrected chi connectivity index (χ3v) is 6.04. The number of furan rings is 1. The highest BCUT2D eigenvalue weighted by molar-refractivity contribution is 7.99. The maximum atomic E-state index is 12.5. The predicted octanol–water partition coefficient (Wildman–Crippen LogP) is 4.39. The molecule has 4 aromatic rings. The zero-order valence-corrected chi connectivity index (χ0v) is 17.3. The van der Waals surface area contributed by atoms with Crippen LogP contribution in [0.2, 0.25) is 0 Å². The number of hydrogen-bond donors (Lipinski definition) is 1. The van der Waals surface area contributed by atoms with Crippen LogP contribution in [0.3, 0.4) is 0 Å². The van der Waals surface area contributed by atoms with Crippen molar-refractivity contribution in [2.24, 2.45) is 0 Å². The predicted molar refractivity (Wildman–Crippen MR) is 115 cm³/mol. The first-order valence-corrected chi connectivity index (χ1v) is 10.9. The average Bonchev–Trinajstić information content (AvgIpc) is 3.36. The quantitative estimate of drug-likeness (QED) is 0.447. The van der Waals surface area contributed by atoms with Crippen LogP contribution < -0.4 is 5.32 Å². The van der Waals surface area contributed by atoms with Crippen molar-refractivity contribution in [2.45, 2.75) is 37.0 Å². The first-order valence-electron chi connectivity index (χ1n) is 9.95. The SMILES string of the molecule is CC(NC(=O)CSc1nnc(-c2ccncc2)n1C1CC1)c1cc2ccccc2o1. The largest absolute Gasteiger partial charge is 0.459 e. The van der Waals surface area contributed by atoms with Gasteiger partial charge in [-0.05, 0) is 44.0 Å². The molecule has 152 valence electrons. The van der Waals surface area contributed by atoms with Crippen molar-refractivity contribution in [3.05, 3.63) is 60.6 Å². The van der Waals surface area contributed by atoms with E-state index in [0.29, 0.717) is 6.04 Å². The summed E-state index contributed by atoms with van der Waals surface area (Å²) in [6.07, 6.45) is 5.72. The van der Waals surface area contributed by atoms with E-state index in [9.17, 15) is 4.79 Å². The Morgan fingerprint density at radius 1 is 1.23 bits per heavy atom. The number of hydrogen-bond acceptors (Lipinski definition) is 6. The minimum absolute atomic E-state index is 0.0660. The van der Waals surface area contributed by atoms with Gasteiger partial charge in [0, 0.05) is 29.4 Å². The number of amides is 1. The molecule has 1 aliphatic carbocycles. The van der Waals surface area contributed by atoms with E-state index in [1.165, 1.54) is 11.8 Å². The van der Waals surface area contributed by atoms with E-state index >= 15 is 0 Å². The van der Waals surface area contributed by atoms with Gasteiger partial charge in [-0.2, -0.15) is 0 Å². The number of nitrogens with zero attached hydrogens (tertiary/aromatic N) is 4. The standard InChI is InChI=1S/C22H21N5O2S/c1-14(19-12-16-4-2-3-5-18(16)29-19)24-20(28)13-30-22-26-25-21(27(22)17-6-7-17)15-8-10-23-11-9-15/h2-5,8-12,14,17H,6-7,13H2,1H3,(H,24,28). The summed E-state index contributed by atoms with van der Waals surface area (Å²) in [7, 11) is 0. The van der Waals surface area contributed by atoms with Crippen LogP contribution in [0.5, 0.6) is 0 Å². The summed E-state index contributed by atoms with van der Waals surface area (Å²) >= 11 is 1.41. The van der Waals surface area contributed by atoms with Crippen molar-refractivity contribution in [1.29, 1.82) is 0 Å². The number of carbonyl (C=O) groups is 1. The fourth-order valence-electron chi connectivity index (χ4n) is 3.44. The maximum Gasteiger partial charge on any atom is 0.231 e. The van der Waals surface area contributed by atoms with E-state index in [2.05, 4.69) is 25.1 Å². The molecule has 1 fully saturated rings. The molecule has 1 unspecified atom stereocenters. The van der Waals surface area contributed by atoms with Crippen LogP contribution in [-0.2, 0) is 4.79 Å². The second kappa shape index (κ2) is 7.95. The van der Waals surface area contributed by atoms with Crippen LogP contribution in [0.4, 0.5) is 0 Å². The number of fused-ring (bicyclic) bond motifs is 1. The molecular formula is C22H21N5O2S. The molecule has 1 aromatic carbocycles. The summed E-state index contributed by atoms with van der Waals surface area (Å²) in [6.45, 7) is 1.93. The van der Waals surface area contributed by atoms with E-state index in [-0.39, 0.29) is 17.7 Å². The van der Waals surface area contributed by atoms with Gasteiger partial charge in [-0.3, -0.25) is 14.3 Å². The topological polar surface area (TPSA) is 85.8 Å². The van der Waals surface area contributed by atoms with Gasteiger partial charge < -0.3 is 9.73 Å². The molecular weight excluding hydrogens is 398 g/mol. The molecule has 1 N–H and O–H groups in total. The fourth-order valence-corrected chi connectivity index (χ4v) is 4.25. The lowest BCUT2D eigenvalue weighted by Gasteiger charge is -2.12. The normalized spacial score (nSPS) is 14.7. The van der Waals surface area contributed by atoms with E-state index in [1.807, 2.05) is 49.4 Å². The van der Waals surface area contributed by atoms with Crippen LogP contribution in [0.25, 0.3) is 22.4 Å². The van der Waals surface area contributed by atoms with Crippen molar-refractivity contribution in [1.82, 2.24) is 25.1 Å². The molecule has 0 bridgehead atoms. The van der Waals surface area contributed by atoms with Gasteiger partial charge in [-0.1, -0.05) is 30.0 Å². The Balaban J connectivity index is 1.26. The highest BCUT2D eigenvalue weighted by Gasteiger charge is 2.30. The lowest BCUT2D eigenvalue weighted by atomic mass is 10.2. The molecule has 1 atom stereocenters. The molecule has 0 spiro atoms. The molecule has 0 radical (unpaired) electrons. The van der Waals surface area contributed by atoms with Gasteiger partial charge in [0.1, 0.15) is 11.3 Å². The van der Waals surface area contributed by atoms with Gasteiger partial charge in [0.05, 0.1) is 11.8 Å². The van der Waals surface area contributed by atoms with E-state index in [1.54, 1.807) is 12.4 Å². The molecule has 3 heterocycles. The number of carbonyl (C=O) groups excluding carboxylic acids is 1. The fraction of sp³-hybridized carbons (Fsp3) is 0.273. The second-order valence-corrected chi connectivity index (χ2v) is 8.35. The molecule has 8 heteroatoms. The Kier molecular flexibility index (Phi) is 5.00. The smallest absolute Gasteiger partial charge is 0.231 e. The Morgan fingerprint density at radius 3 is 2.80 bits per heavy atom. The van der Waals surface area contributed by atoms with Gasteiger partial charge in [0.2, 0.25) is 5.91 Å². The summed E-state index contributed by atoms with van der Waals surface area (Å²) in [6, 6.07) is 13.9. The number of para-hydroxylation sites is 1. The van der Waals surface area contributed by atoms with Crippen molar-refractivity contribution in [3.63, 3.8) is 0 Å². The van der Waals surface area contributed by atoms with Crippen molar-refractivity contribution < 1.29 is 9.21 Å². The van der Waals surface area contributed by atoms with Crippen molar-refractivity contribution in [2.75, 3.05) is 5.75 Å². The highest BCUT2D eigenvalue weighted by Crippen LogP contribution is 2.41. The summed E-state index contributed by atoms with van der Waals surface area (Å²) in [5, 5.41) is 13.5. The number of pyridine rings is 1. The lowest BCUT2D eigenvalue weighted by Crippen LogP contribution is -2.28. The molecule has 7 nitrogen and oxygen atoms in total. The minimum Gasteiger partial charge on any atom is -0.459 e. The summed E-state index contributed by atoms with van der Waals surface area (Å²) in [5.41, 5.74) is 1.81. The number of rotatable bonds is 7. The molecule has 1 saturated carbocycles. The first-order chi connectivity index (χ1) is 14.7. The summed E-state index contributed by atoms with van der Waals surface area (Å²) in [4.78, 5) is 16.6. The second-order valence-electron chi connectivity index (χ2n) is 7.41. The monoisotopic (exact) mass is 419 g/mol. The van der Waals surface area contributed by atoms with E-state index in [4.69, 9.17) is 4.42 Å². The van der Waals surface area contributed by atoms with Gasteiger partial charge in [-0.25, -0.2) is 0 Å². The zero-order chi connectivity index (χ0) is 20.5. The number of aromatic nitrogens is 4. The molecule has 1 aliphatic rings. The molecule has 1 amide bonds. The van der Waals surface area contributed by atoms with Gasteiger partial charge >= 0.3 is 0 Å². The molecule has 0 saturated heterocycles. The van der Waals surface area contributed by atoms with Crippen LogP contribution >= 0.6 is 11.8 Å². The van der Waals surface area contributed by atoms with E-state index < -0.39 is 0 Å². The number of benzene rings is 1. The number of thioether (sulfide) groups is 1.